The molecule has 0 amide bonds. The Hall–Kier alpha value is -1.59. The fourth-order valence-electron chi connectivity index (χ4n) is 1.12. The molecule has 0 aliphatic carbocycles. The van der Waals surface area contributed by atoms with E-state index in [1.54, 1.807) is 0 Å². The molecule has 0 fully saturated rings. The second-order valence-corrected chi connectivity index (χ2v) is 3.06. The van der Waals surface area contributed by atoms with Crippen LogP contribution in [0.1, 0.15) is 16.8 Å². The summed E-state index contributed by atoms with van der Waals surface area (Å²) >= 11 is 0. The van der Waals surface area contributed by atoms with Crippen LogP contribution in [0.3, 0.4) is 0 Å². The minimum absolute atomic E-state index is 0.122. The first-order valence-electron chi connectivity index (χ1n) is 4.27. The van der Waals surface area contributed by atoms with E-state index < -0.39 is 24.2 Å². The first-order chi connectivity index (χ1) is 7.33. The van der Waals surface area contributed by atoms with E-state index >= 15 is 0 Å². The van der Waals surface area contributed by atoms with Crippen molar-refractivity contribution in [1.29, 1.82) is 0 Å². The maximum atomic E-state index is 13.1. The van der Waals surface area contributed by atoms with Crippen molar-refractivity contribution in [3.8, 4) is 5.75 Å². The summed E-state index contributed by atoms with van der Waals surface area (Å²) in [5, 5.41) is 0. The number of benzene rings is 1. The minimum atomic E-state index is -4.59. The van der Waals surface area contributed by atoms with Crippen LogP contribution in [-0.2, 0) is 0 Å². The van der Waals surface area contributed by atoms with Crippen LogP contribution in [0.4, 0.5) is 17.6 Å². The van der Waals surface area contributed by atoms with E-state index in [0.717, 1.165) is 18.2 Å². The Kier molecular flexibility index (Phi) is 3.51. The second-order valence-electron chi connectivity index (χ2n) is 3.06. The zero-order valence-electron chi connectivity index (χ0n) is 8.27. The number of alkyl halides is 3. The Morgan fingerprint density at radius 3 is 2.44 bits per heavy atom. The molecule has 1 aromatic rings. The van der Waals surface area contributed by atoms with Crippen LogP contribution in [-0.4, -0.2) is 19.1 Å². The number of methoxy groups -OCH3 is 1. The lowest BCUT2D eigenvalue weighted by Crippen LogP contribution is -2.15. The molecule has 1 rings (SSSR count). The number of rotatable bonds is 3. The first kappa shape index (κ1) is 12.5. The molecule has 0 atom stereocenters. The Labute approximate surface area is 88.8 Å². The molecule has 0 saturated heterocycles. The number of hydrogen-bond acceptors (Lipinski definition) is 2. The molecular formula is C10H8F4O2. The highest BCUT2D eigenvalue weighted by Gasteiger charge is 2.31. The lowest BCUT2D eigenvalue weighted by molar-refractivity contribution is -0.125. The summed E-state index contributed by atoms with van der Waals surface area (Å²) < 4.78 is 53.4. The van der Waals surface area contributed by atoms with Crippen molar-refractivity contribution in [2.75, 3.05) is 7.11 Å². The zero-order chi connectivity index (χ0) is 12.3. The average Bonchev–Trinajstić information content (AvgIpc) is 2.15. The van der Waals surface area contributed by atoms with Gasteiger partial charge in [-0.3, -0.25) is 4.79 Å². The molecule has 0 N–H and O–H groups in total. The fraction of sp³-hybridized carbons (Fsp3) is 0.300. The van der Waals surface area contributed by atoms with E-state index in [4.69, 9.17) is 0 Å². The van der Waals surface area contributed by atoms with E-state index in [1.165, 1.54) is 7.11 Å². The predicted molar refractivity (Wildman–Crippen MR) is 48.0 cm³/mol. The van der Waals surface area contributed by atoms with Crippen molar-refractivity contribution in [3.05, 3.63) is 29.6 Å². The van der Waals surface area contributed by atoms with Gasteiger partial charge < -0.3 is 4.74 Å². The summed E-state index contributed by atoms with van der Waals surface area (Å²) in [5.41, 5.74) is -0.323. The van der Waals surface area contributed by atoms with Crippen molar-refractivity contribution in [2.24, 2.45) is 0 Å². The molecule has 6 heteroatoms. The number of halogens is 4. The Bertz CT molecular complexity index is 398. The van der Waals surface area contributed by atoms with Crippen LogP contribution >= 0.6 is 0 Å². The van der Waals surface area contributed by atoms with Gasteiger partial charge in [0.15, 0.2) is 17.3 Å². The van der Waals surface area contributed by atoms with E-state index in [1.807, 2.05) is 0 Å². The summed E-state index contributed by atoms with van der Waals surface area (Å²) in [6.07, 6.45) is -6.19. The van der Waals surface area contributed by atoms with Crippen LogP contribution in [0.15, 0.2) is 18.2 Å². The molecule has 0 aromatic heterocycles. The maximum absolute atomic E-state index is 13.1. The van der Waals surface area contributed by atoms with Crippen molar-refractivity contribution in [1.82, 2.24) is 0 Å². The average molecular weight is 236 g/mol. The van der Waals surface area contributed by atoms with Gasteiger partial charge >= 0.3 is 6.18 Å². The van der Waals surface area contributed by atoms with Gasteiger partial charge in [-0.25, -0.2) is 4.39 Å². The Morgan fingerprint density at radius 1 is 1.38 bits per heavy atom. The Morgan fingerprint density at radius 2 is 2.00 bits per heavy atom. The first-order valence-corrected chi connectivity index (χ1v) is 4.27. The highest BCUT2D eigenvalue weighted by atomic mass is 19.4. The molecule has 0 saturated carbocycles. The van der Waals surface area contributed by atoms with Crippen molar-refractivity contribution < 1.29 is 27.1 Å². The number of carbonyl (C=O) groups is 1. The molecule has 16 heavy (non-hydrogen) atoms. The van der Waals surface area contributed by atoms with Crippen molar-refractivity contribution in [2.45, 2.75) is 12.6 Å². The van der Waals surface area contributed by atoms with Crippen LogP contribution in [0.2, 0.25) is 0 Å². The summed E-state index contributed by atoms with van der Waals surface area (Å²) in [6.45, 7) is 0. The summed E-state index contributed by atoms with van der Waals surface area (Å²) in [6, 6.07) is 2.93. The number of Topliss-reactive ketones (excluding diaryl/α,β-unsaturated/α-hetero) is 1. The molecule has 0 unspecified atom stereocenters. The van der Waals surface area contributed by atoms with Gasteiger partial charge in [0.05, 0.1) is 7.11 Å². The topological polar surface area (TPSA) is 26.3 Å². The van der Waals surface area contributed by atoms with Gasteiger partial charge in [-0.15, -0.1) is 0 Å². The smallest absolute Gasteiger partial charge is 0.396 e. The molecule has 0 aliphatic rings. The SMILES string of the molecule is COc1ccc(C(=O)CC(F)(F)F)cc1F. The second kappa shape index (κ2) is 4.51. The van der Waals surface area contributed by atoms with E-state index in [9.17, 15) is 22.4 Å². The molecule has 0 bridgehead atoms. The monoisotopic (exact) mass is 236 g/mol. The number of carbonyl (C=O) groups excluding carboxylic acids is 1. The largest absolute Gasteiger partial charge is 0.494 e. The third-order valence-electron chi connectivity index (χ3n) is 1.83. The number of ketones is 1. The maximum Gasteiger partial charge on any atom is 0.396 e. The zero-order valence-corrected chi connectivity index (χ0v) is 8.27. The standard InChI is InChI=1S/C10H8F4O2/c1-16-9-3-2-6(4-7(9)11)8(15)5-10(12,13)14/h2-4H,5H2,1H3. The number of ether oxygens (including phenoxy) is 1. The van der Waals surface area contributed by atoms with Gasteiger partial charge in [0.1, 0.15) is 6.42 Å². The van der Waals surface area contributed by atoms with Crippen LogP contribution < -0.4 is 4.74 Å². The molecule has 0 aliphatic heterocycles. The molecule has 0 radical (unpaired) electrons. The highest BCUT2D eigenvalue weighted by molar-refractivity contribution is 5.96. The molecule has 0 heterocycles. The third-order valence-corrected chi connectivity index (χ3v) is 1.83. The Balaban J connectivity index is 2.89. The summed E-state index contributed by atoms with van der Waals surface area (Å²) in [4.78, 5) is 11.1. The summed E-state index contributed by atoms with van der Waals surface area (Å²) in [5.74, 6) is -2.16. The van der Waals surface area contributed by atoms with E-state index in [0.29, 0.717) is 0 Å². The normalized spacial score (nSPS) is 11.3. The quantitative estimate of drug-likeness (QED) is 0.595. The highest BCUT2D eigenvalue weighted by Crippen LogP contribution is 2.24. The van der Waals surface area contributed by atoms with Gasteiger partial charge in [-0.05, 0) is 18.2 Å². The van der Waals surface area contributed by atoms with Gasteiger partial charge in [0, 0.05) is 5.56 Å². The minimum Gasteiger partial charge on any atom is -0.494 e. The van der Waals surface area contributed by atoms with Crippen molar-refractivity contribution >= 4 is 5.78 Å². The van der Waals surface area contributed by atoms with Gasteiger partial charge in [0.2, 0.25) is 0 Å². The van der Waals surface area contributed by atoms with E-state index in [2.05, 4.69) is 4.74 Å². The fourth-order valence-corrected chi connectivity index (χ4v) is 1.12. The van der Waals surface area contributed by atoms with Crippen molar-refractivity contribution in [3.63, 3.8) is 0 Å². The lowest BCUT2D eigenvalue weighted by atomic mass is 10.1. The molecular weight excluding hydrogens is 228 g/mol. The van der Waals surface area contributed by atoms with E-state index in [-0.39, 0.29) is 11.3 Å². The van der Waals surface area contributed by atoms with Crippen LogP contribution in [0.25, 0.3) is 0 Å². The molecule has 2 nitrogen and oxygen atoms in total. The number of hydrogen-bond donors (Lipinski definition) is 0. The molecule has 1 aromatic carbocycles. The molecule has 88 valence electrons. The predicted octanol–water partition coefficient (Wildman–Crippen LogP) is 2.97. The lowest BCUT2D eigenvalue weighted by Gasteiger charge is -2.06. The third kappa shape index (κ3) is 3.22. The molecule has 0 spiro atoms. The van der Waals surface area contributed by atoms with Gasteiger partial charge in [-0.2, -0.15) is 13.2 Å². The summed E-state index contributed by atoms with van der Waals surface area (Å²) in [7, 11) is 1.22. The van der Waals surface area contributed by atoms with Crippen LogP contribution in [0.5, 0.6) is 5.75 Å². The van der Waals surface area contributed by atoms with Gasteiger partial charge in [-0.1, -0.05) is 0 Å². The van der Waals surface area contributed by atoms with Gasteiger partial charge in [0.25, 0.3) is 0 Å². The van der Waals surface area contributed by atoms with Crippen LogP contribution in [0, 0.1) is 5.82 Å².